The van der Waals surface area contributed by atoms with Gasteiger partial charge in [-0.25, -0.2) is 4.39 Å². The molecule has 0 spiro atoms. The van der Waals surface area contributed by atoms with Gasteiger partial charge in [0.25, 0.3) is 0 Å². The van der Waals surface area contributed by atoms with Crippen LogP contribution in [0.2, 0.25) is 0 Å². The summed E-state index contributed by atoms with van der Waals surface area (Å²) in [4.78, 5) is 2.06. The van der Waals surface area contributed by atoms with Crippen LogP contribution < -0.4 is 4.90 Å². The number of allylic oxidation sites excluding steroid dienone is 1. The predicted octanol–water partition coefficient (Wildman–Crippen LogP) is 5.36. The zero-order valence-electron chi connectivity index (χ0n) is 16.0. The van der Waals surface area contributed by atoms with Gasteiger partial charge in [-0.05, 0) is 73.5 Å². The molecule has 0 unspecified atom stereocenters. The van der Waals surface area contributed by atoms with Gasteiger partial charge in [-0.15, -0.1) is 0 Å². The molecule has 0 saturated carbocycles. The third kappa shape index (κ3) is 3.78. The van der Waals surface area contributed by atoms with Crippen LogP contribution in [-0.4, -0.2) is 18.7 Å². The Labute approximate surface area is 159 Å². The number of benzene rings is 2. The van der Waals surface area contributed by atoms with Crippen molar-refractivity contribution in [3.63, 3.8) is 0 Å². The second-order valence-corrected chi connectivity index (χ2v) is 6.75. The summed E-state index contributed by atoms with van der Waals surface area (Å²) in [6, 6.07) is 18.7. The molecule has 0 N–H and O–H groups in total. The second kappa shape index (κ2) is 7.51. The van der Waals surface area contributed by atoms with E-state index in [0.717, 1.165) is 28.3 Å². The summed E-state index contributed by atoms with van der Waals surface area (Å²) in [5, 5.41) is 9.55. The molecule has 0 amide bonds. The minimum Gasteiger partial charge on any atom is -0.378 e. The third-order valence-corrected chi connectivity index (χ3v) is 4.65. The van der Waals surface area contributed by atoms with Crippen molar-refractivity contribution in [1.29, 1.82) is 5.26 Å². The van der Waals surface area contributed by atoms with Crippen molar-refractivity contribution in [3.05, 3.63) is 82.9 Å². The van der Waals surface area contributed by atoms with Gasteiger partial charge in [0.2, 0.25) is 0 Å². The molecular formula is C23H22FN3. The number of hydrogen-bond donors (Lipinski definition) is 0. The van der Waals surface area contributed by atoms with Gasteiger partial charge in [-0.2, -0.15) is 5.26 Å². The summed E-state index contributed by atoms with van der Waals surface area (Å²) in [6.45, 7) is 4.07. The normalized spacial score (nSPS) is 11.3. The summed E-state index contributed by atoms with van der Waals surface area (Å²) in [6.07, 6.45) is 1.82. The number of rotatable bonds is 4. The number of hydrogen-bond acceptors (Lipinski definition) is 2. The van der Waals surface area contributed by atoms with E-state index in [9.17, 15) is 9.65 Å². The summed E-state index contributed by atoms with van der Waals surface area (Å²) in [5.74, 6) is -0.347. The average Bonchev–Trinajstić information content (AvgIpc) is 2.93. The number of nitriles is 1. The molecule has 1 heterocycles. The van der Waals surface area contributed by atoms with Crippen molar-refractivity contribution in [3.8, 4) is 11.8 Å². The number of halogens is 1. The molecule has 0 aliphatic heterocycles. The van der Waals surface area contributed by atoms with Crippen molar-refractivity contribution in [2.75, 3.05) is 19.0 Å². The Bertz CT molecular complexity index is 1030. The number of anilines is 1. The van der Waals surface area contributed by atoms with Crippen molar-refractivity contribution in [2.24, 2.45) is 0 Å². The van der Waals surface area contributed by atoms with E-state index in [1.807, 2.05) is 40.1 Å². The smallest absolute Gasteiger partial charge is 0.123 e. The summed E-state index contributed by atoms with van der Waals surface area (Å²) in [7, 11) is 4.03. The molecule has 0 radical (unpaired) electrons. The molecule has 3 rings (SSSR count). The van der Waals surface area contributed by atoms with Gasteiger partial charge in [0.15, 0.2) is 0 Å². The maximum absolute atomic E-state index is 13.5. The highest BCUT2D eigenvalue weighted by atomic mass is 19.1. The largest absolute Gasteiger partial charge is 0.378 e. The number of aromatic nitrogens is 1. The Morgan fingerprint density at radius 2 is 1.78 bits per heavy atom. The average molecular weight is 359 g/mol. The van der Waals surface area contributed by atoms with Crippen molar-refractivity contribution in [2.45, 2.75) is 13.8 Å². The molecule has 0 atom stereocenters. The van der Waals surface area contributed by atoms with Crippen LogP contribution in [0.15, 0.2) is 54.6 Å². The topological polar surface area (TPSA) is 32.0 Å². The Morgan fingerprint density at radius 3 is 2.37 bits per heavy atom. The Kier molecular flexibility index (Phi) is 5.14. The zero-order chi connectivity index (χ0) is 19.6. The molecule has 0 fully saturated rings. The van der Waals surface area contributed by atoms with Crippen LogP contribution in [0.5, 0.6) is 0 Å². The highest BCUT2D eigenvalue weighted by molar-refractivity contribution is 5.90. The third-order valence-electron chi connectivity index (χ3n) is 4.65. The monoisotopic (exact) mass is 359 g/mol. The summed E-state index contributed by atoms with van der Waals surface area (Å²) < 4.78 is 15.7. The fraction of sp³-hybridized carbons (Fsp3) is 0.174. The van der Waals surface area contributed by atoms with Crippen LogP contribution in [-0.2, 0) is 0 Å². The van der Waals surface area contributed by atoms with E-state index in [1.165, 1.54) is 12.1 Å². The van der Waals surface area contributed by atoms with Crippen LogP contribution in [0.3, 0.4) is 0 Å². The predicted molar refractivity (Wildman–Crippen MR) is 109 cm³/mol. The van der Waals surface area contributed by atoms with E-state index in [-0.39, 0.29) is 5.82 Å². The van der Waals surface area contributed by atoms with Gasteiger partial charge >= 0.3 is 0 Å². The van der Waals surface area contributed by atoms with Crippen molar-refractivity contribution in [1.82, 2.24) is 4.57 Å². The van der Waals surface area contributed by atoms with Crippen molar-refractivity contribution >= 4 is 17.3 Å². The molecule has 0 bridgehead atoms. The highest BCUT2D eigenvalue weighted by Crippen LogP contribution is 2.26. The lowest BCUT2D eigenvalue weighted by Crippen LogP contribution is -2.08. The maximum atomic E-state index is 13.5. The van der Waals surface area contributed by atoms with Gasteiger partial charge in [-0.3, -0.25) is 0 Å². The second-order valence-electron chi connectivity index (χ2n) is 6.75. The van der Waals surface area contributed by atoms with Crippen LogP contribution in [0, 0.1) is 31.0 Å². The standard InChI is InChI=1S/C23H22FN3/c1-16-12-19(13-20(15-25)18-6-5-7-21(24)14-18)17(2)27(16)23-10-8-22(9-11-23)26(3)4/h5-14H,1-4H3/b20-13-. The molecule has 0 aliphatic rings. The molecule has 136 valence electrons. The molecule has 4 heteroatoms. The maximum Gasteiger partial charge on any atom is 0.123 e. The molecule has 3 aromatic rings. The van der Waals surface area contributed by atoms with Crippen LogP contribution in [0.25, 0.3) is 17.3 Å². The van der Waals surface area contributed by atoms with Gasteiger partial charge in [0.1, 0.15) is 5.82 Å². The molecule has 1 aromatic heterocycles. The van der Waals surface area contributed by atoms with E-state index in [2.05, 4.69) is 39.8 Å². The lowest BCUT2D eigenvalue weighted by molar-refractivity contribution is 0.627. The molecule has 0 saturated heterocycles. The van der Waals surface area contributed by atoms with Crippen LogP contribution in [0.4, 0.5) is 10.1 Å². The first-order valence-electron chi connectivity index (χ1n) is 8.75. The quantitative estimate of drug-likeness (QED) is 0.587. The SMILES string of the molecule is Cc1cc(/C=C(/C#N)c2cccc(F)c2)c(C)n1-c1ccc(N(C)C)cc1. The van der Waals surface area contributed by atoms with E-state index in [0.29, 0.717) is 11.1 Å². The van der Waals surface area contributed by atoms with E-state index < -0.39 is 0 Å². The van der Waals surface area contributed by atoms with Gasteiger partial charge in [0.05, 0.1) is 11.6 Å². The Hall–Kier alpha value is -3.32. The fourth-order valence-corrected chi connectivity index (χ4v) is 3.22. The first-order valence-corrected chi connectivity index (χ1v) is 8.75. The highest BCUT2D eigenvalue weighted by Gasteiger charge is 2.11. The Morgan fingerprint density at radius 1 is 1.07 bits per heavy atom. The fourth-order valence-electron chi connectivity index (χ4n) is 3.22. The first kappa shape index (κ1) is 18.5. The summed E-state index contributed by atoms with van der Waals surface area (Å²) >= 11 is 0. The van der Waals surface area contributed by atoms with Gasteiger partial charge < -0.3 is 9.47 Å². The number of nitrogens with zero attached hydrogens (tertiary/aromatic N) is 3. The molecule has 0 aliphatic carbocycles. The molecular weight excluding hydrogens is 337 g/mol. The number of aryl methyl sites for hydroxylation is 1. The van der Waals surface area contributed by atoms with Crippen molar-refractivity contribution < 1.29 is 4.39 Å². The van der Waals surface area contributed by atoms with E-state index in [4.69, 9.17) is 0 Å². The van der Waals surface area contributed by atoms with E-state index in [1.54, 1.807) is 12.1 Å². The minimum atomic E-state index is -0.347. The lowest BCUT2D eigenvalue weighted by Gasteiger charge is -2.15. The van der Waals surface area contributed by atoms with E-state index >= 15 is 0 Å². The molecule has 2 aromatic carbocycles. The zero-order valence-corrected chi connectivity index (χ0v) is 16.0. The van der Waals surface area contributed by atoms with Crippen LogP contribution >= 0.6 is 0 Å². The summed E-state index contributed by atoms with van der Waals surface area (Å²) in [5.41, 5.74) is 6.29. The van der Waals surface area contributed by atoms with Crippen LogP contribution in [0.1, 0.15) is 22.5 Å². The van der Waals surface area contributed by atoms with Gasteiger partial charge in [-0.1, -0.05) is 12.1 Å². The lowest BCUT2D eigenvalue weighted by atomic mass is 10.0. The minimum absolute atomic E-state index is 0.347. The molecule has 27 heavy (non-hydrogen) atoms. The molecule has 3 nitrogen and oxygen atoms in total. The first-order chi connectivity index (χ1) is 12.9. The Balaban J connectivity index is 2.04. The van der Waals surface area contributed by atoms with Gasteiger partial charge in [0, 0.05) is 36.9 Å².